The molecule has 0 saturated heterocycles. The minimum atomic E-state index is -0.299. The standard InChI is InChI=1S/C22H24N6O2/c1-13-7-6-8-20(28-22(29)27(5)25-26-28)18(13)12-30-21-10-14(2)17(9-15(21)3)19-11-16(4)23-24-19/h6-11H,12H2,1-5H3,(H,23,24). The van der Waals surface area contributed by atoms with Gasteiger partial charge in [0.2, 0.25) is 0 Å². The first-order chi connectivity index (χ1) is 14.3. The summed E-state index contributed by atoms with van der Waals surface area (Å²) in [5, 5.41) is 15.1. The van der Waals surface area contributed by atoms with Crippen LogP contribution in [0.5, 0.6) is 5.75 Å². The zero-order valence-electron chi connectivity index (χ0n) is 17.7. The van der Waals surface area contributed by atoms with Gasteiger partial charge in [0, 0.05) is 23.9 Å². The Morgan fingerprint density at radius 1 is 1.00 bits per heavy atom. The molecule has 0 atom stereocenters. The molecule has 0 bridgehead atoms. The smallest absolute Gasteiger partial charge is 0.368 e. The Bertz CT molecular complexity index is 1280. The van der Waals surface area contributed by atoms with E-state index in [4.69, 9.17) is 4.74 Å². The molecule has 0 aliphatic carbocycles. The van der Waals surface area contributed by atoms with E-state index in [9.17, 15) is 4.79 Å². The lowest BCUT2D eigenvalue weighted by Crippen LogP contribution is -2.23. The molecule has 2 aromatic heterocycles. The van der Waals surface area contributed by atoms with Gasteiger partial charge in [-0.15, -0.1) is 0 Å². The van der Waals surface area contributed by atoms with E-state index in [1.54, 1.807) is 7.05 Å². The van der Waals surface area contributed by atoms with Crippen molar-refractivity contribution in [1.29, 1.82) is 0 Å². The Kier molecular flexibility index (Phi) is 4.99. The van der Waals surface area contributed by atoms with Crippen molar-refractivity contribution in [2.75, 3.05) is 0 Å². The first-order valence-electron chi connectivity index (χ1n) is 9.69. The molecule has 154 valence electrons. The first-order valence-corrected chi connectivity index (χ1v) is 9.69. The van der Waals surface area contributed by atoms with Crippen molar-refractivity contribution in [3.8, 4) is 22.7 Å². The van der Waals surface area contributed by atoms with E-state index in [0.29, 0.717) is 12.3 Å². The van der Waals surface area contributed by atoms with Gasteiger partial charge in [-0.05, 0) is 79.1 Å². The molecular formula is C22H24N6O2. The second kappa shape index (κ2) is 7.62. The highest BCUT2D eigenvalue weighted by Crippen LogP contribution is 2.30. The monoisotopic (exact) mass is 404 g/mol. The van der Waals surface area contributed by atoms with E-state index in [1.165, 1.54) is 9.36 Å². The molecule has 0 saturated carbocycles. The molecule has 0 fully saturated rings. The number of tetrazole rings is 1. The maximum atomic E-state index is 12.3. The van der Waals surface area contributed by atoms with Crippen molar-refractivity contribution < 1.29 is 4.74 Å². The molecule has 0 amide bonds. The van der Waals surface area contributed by atoms with Crippen LogP contribution in [0.15, 0.2) is 41.2 Å². The van der Waals surface area contributed by atoms with Crippen LogP contribution >= 0.6 is 0 Å². The molecular weight excluding hydrogens is 380 g/mol. The van der Waals surface area contributed by atoms with Crippen LogP contribution in [0.2, 0.25) is 0 Å². The summed E-state index contributed by atoms with van der Waals surface area (Å²) in [6.45, 7) is 8.35. The maximum absolute atomic E-state index is 12.3. The van der Waals surface area contributed by atoms with E-state index in [-0.39, 0.29) is 5.69 Å². The molecule has 2 heterocycles. The lowest BCUT2D eigenvalue weighted by molar-refractivity contribution is 0.302. The SMILES string of the molecule is Cc1cc(-c2cc(C)c(OCc3c(C)cccc3-n3nnn(C)c3=O)cc2C)n[nH]1. The number of aromatic nitrogens is 6. The molecule has 8 heteroatoms. The van der Waals surface area contributed by atoms with Gasteiger partial charge < -0.3 is 4.74 Å². The topological polar surface area (TPSA) is 90.6 Å². The second-order valence-electron chi connectivity index (χ2n) is 7.53. The summed E-state index contributed by atoms with van der Waals surface area (Å²) in [5.41, 5.74) is 7.40. The molecule has 8 nitrogen and oxygen atoms in total. The fourth-order valence-electron chi connectivity index (χ4n) is 3.46. The molecule has 0 aliphatic rings. The average molecular weight is 404 g/mol. The number of benzene rings is 2. The average Bonchev–Trinajstić information content (AvgIpc) is 3.28. The Hall–Kier alpha value is -3.68. The van der Waals surface area contributed by atoms with Crippen molar-refractivity contribution >= 4 is 0 Å². The van der Waals surface area contributed by atoms with Crippen molar-refractivity contribution in [2.24, 2.45) is 7.05 Å². The molecule has 30 heavy (non-hydrogen) atoms. The molecule has 2 aromatic carbocycles. The summed E-state index contributed by atoms with van der Waals surface area (Å²) in [5.74, 6) is 0.796. The van der Waals surface area contributed by atoms with Crippen LogP contribution in [0.3, 0.4) is 0 Å². The molecule has 1 N–H and O–H groups in total. The van der Waals surface area contributed by atoms with E-state index >= 15 is 0 Å². The second-order valence-corrected chi connectivity index (χ2v) is 7.53. The normalized spacial score (nSPS) is 11.1. The fourth-order valence-corrected chi connectivity index (χ4v) is 3.46. The van der Waals surface area contributed by atoms with Gasteiger partial charge >= 0.3 is 5.69 Å². The quantitative estimate of drug-likeness (QED) is 0.552. The molecule has 0 radical (unpaired) electrons. The van der Waals surface area contributed by atoms with Crippen LogP contribution in [0.4, 0.5) is 0 Å². The third-order valence-corrected chi connectivity index (χ3v) is 5.21. The first kappa shape index (κ1) is 19.6. The zero-order valence-corrected chi connectivity index (χ0v) is 17.7. The summed E-state index contributed by atoms with van der Waals surface area (Å²) in [6, 6.07) is 11.9. The number of aryl methyl sites for hydroxylation is 5. The van der Waals surface area contributed by atoms with E-state index in [1.807, 2.05) is 58.0 Å². The summed E-state index contributed by atoms with van der Waals surface area (Å²) in [6.07, 6.45) is 0. The predicted molar refractivity (Wildman–Crippen MR) is 114 cm³/mol. The van der Waals surface area contributed by atoms with Crippen LogP contribution in [0.1, 0.15) is 27.9 Å². The number of H-pyrrole nitrogens is 1. The molecule has 4 aromatic rings. The van der Waals surface area contributed by atoms with Crippen molar-refractivity contribution in [3.05, 3.63) is 74.8 Å². The Morgan fingerprint density at radius 3 is 2.47 bits per heavy atom. The maximum Gasteiger partial charge on any atom is 0.368 e. The molecule has 4 rings (SSSR count). The van der Waals surface area contributed by atoms with Gasteiger partial charge in [0.1, 0.15) is 12.4 Å². The number of aromatic amines is 1. The minimum Gasteiger partial charge on any atom is -0.489 e. The zero-order chi connectivity index (χ0) is 21.4. The molecule has 0 spiro atoms. The Balaban J connectivity index is 1.65. The Morgan fingerprint density at radius 2 is 1.80 bits per heavy atom. The molecule has 0 aliphatic heterocycles. The van der Waals surface area contributed by atoms with E-state index < -0.39 is 0 Å². The number of nitrogens with one attached hydrogen (secondary N) is 1. The van der Waals surface area contributed by atoms with Crippen LogP contribution in [-0.4, -0.2) is 30.0 Å². The van der Waals surface area contributed by atoms with Gasteiger partial charge in [-0.2, -0.15) is 14.5 Å². The summed E-state index contributed by atoms with van der Waals surface area (Å²) >= 11 is 0. The predicted octanol–water partition coefficient (Wildman–Crippen LogP) is 3.17. The van der Waals surface area contributed by atoms with E-state index in [0.717, 1.165) is 45.0 Å². The van der Waals surface area contributed by atoms with Crippen LogP contribution < -0.4 is 10.4 Å². The minimum absolute atomic E-state index is 0.299. The number of hydrogen-bond donors (Lipinski definition) is 1. The summed E-state index contributed by atoms with van der Waals surface area (Å²) in [7, 11) is 1.58. The van der Waals surface area contributed by atoms with Crippen molar-refractivity contribution in [1.82, 2.24) is 30.0 Å². The Labute approximate surface area is 174 Å². The van der Waals surface area contributed by atoms with Gasteiger partial charge in [-0.25, -0.2) is 4.79 Å². The summed E-state index contributed by atoms with van der Waals surface area (Å²) < 4.78 is 8.69. The molecule has 0 unspecified atom stereocenters. The number of nitrogens with zero attached hydrogens (tertiary/aromatic N) is 5. The number of hydrogen-bond acceptors (Lipinski definition) is 5. The van der Waals surface area contributed by atoms with Crippen LogP contribution in [-0.2, 0) is 13.7 Å². The summed E-state index contributed by atoms with van der Waals surface area (Å²) in [4.78, 5) is 12.3. The van der Waals surface area contributed by atoms with Crippen LogP contribution in [0.25, 0.3) is 16.9 Å². The van der Waals surface area contributed by atoms with Gasteiger partial charge in [0.15, 0.2) is 0 Å². The van der Waals surface area contributed by atoms with E-state index in [2.05, 4.69) is 26.7 Å². The van der Waals surface area contributed by atoms with Gasteiger partial charge in [0.05, 0.1) is 11.4 Å². The van der Waals surface area contributed by atoms with Gasteiger partial charge in [-0.1, -0.05) is 12.1 Å². The highest BCUT2D eigenvalue weighted by molar-refractivity contribution is 5.66. The third kappa shape index (κ3) is 3.52. The third-order valence-electron chi connectivity index (χ3n) is 5.21. The van der Waals surface area contributed by atoms with Crippen LogP contribution in [0, 0.1) is 27.7 Å². The van der Waals surface area contributed by atoms with Crippen molar-refractivity contribution in [3.63, 3.8) is 0 Å². The van der Waals surface area contributed by atoms with Gasteiger partial charge in [-0.3, -0.25) is 5.10 Å². The van der Waals surface area contributed by atoms with Gasteiger partial charge in [0.25, 0.3) is 0 Å². The lowest BCUT2D eigenvalue weighted by Gasteiger charge is -2.16. The highest BCUT2D eigenvalue weighted by Gasteiger charge is 2.15. The lowest BCUT2D eigenvalue weighted by atomic mass is 10.0. The largest absolute Gasteiger partial charge is 0.489 e. The highest BCUT2D eigenvalue weighted by atomic mass is 16.5. The van der Waals surface area contributed by atoms with Crippen molar-refractivity contribution in [2.45, 2.75) is 34.3 Å². The number of rotatable bonds is 5. The fraction of sp³-hybridized carbons (Fsp3) is 0.273. The number of ether oxygens (including phenoxy) is 1.